The lowest BCUT2D eigenvalue weighted by Gasteiger charge is -2.21. The minimum absolute atomic E-state index is 0.0219. The first-order chi connectivity index (χ1) is 13.2. The number of carbonyl (C=O) groups excluding carboxylic acids is 1. The van der Waals surface area contributed by atoms with E-state index in [0.717, 1.165) is 23.3 Å². The Labute approximate surface area is 169 Å². The molecule has 0 radical (unpaired) electrons. The molecule has 0 aromatic heterocycles. The molecular weight excluding hydrogens is 346 g/mol. The number of ether oxygens (including phenoxy) is 1. The van der Waals surface area contributed by atoms with Crippen molar-refractivity contribution in [3.63, 3.8) is 0 Å². The molecule has 2 aromatic rings. The second-order valence-corrected chi connectivity index (χ2v) is 8.67. The Morgan fingerprint density at radius 3 is 2.14 bits per heavy atom. The summed E-state index contributed by atoms with van der Waals surface area (Å²) in [6.45, 7) is 10.9. The van der Waals surface area contributed by atoms with Gasteiger partial charge >= 0.3 is 0 Å². The third kappa shape index (κ3) is 6.56. The Morgan fingerprint density at radius 2 is 1.64 bits per heavy atom. The Bertz CT molecular complexity index is 781. The molecule has 0 saturated carbocycles. The molecule has 3 heteroatoms. The molecule has 0 unspecified atom stereocenters. The van der Waals surface area contributed by atoms with E-state index in [-0.39, 0.29) is 17.4 Å². The van der Waals surface area contributed by atoms with Gasteiger partial charge in [0, 0.05) is 6.08 Å². The first kappa shape index (κ1) is 21.7. The van der Waals surface area contributed by atoms with E-state index in [0.29, 0.717) is 5.92 Å². The van der Waals surface area contributed by atoms with Crippen LogP contribution in [0.4, 0.5) is 0 Å². The summed E-state index contributed by atoms with van der Waals surface area (Å²) in [6.07, 6.45) is 4.36. The fraction of sp³-hybridized carbons (Fsp3) is 0.400. The Kier molecular flexibility index (Phi) is 7.45. The van der Waals surface area contributed by atoms with Gasteiger partial charge in [0.25, 0.3) is 0 Å². The van der Waals surface area contributed by atoms with Crippen LogP contribution in [0.25, 0.3) is 6.08 Å². The van der Waals surface area contributed by atoms with Crippen molar-refractivity contribution in [1.29, 1.82) is 0 Å². The van der Waals surface area contributed by atoms with Crippen LogP contribution in [-0.4, -0.2) is 13.0 Å². The van der Waals surface area contributed by atoms with Crippen LogP contribution in [0.2, 0.25) is 0 Å². The Hall–Kier alpha value is -2.55. The summed E-state index contributed by atoms with van der Waals surface area (Å²) in [5.74, 6) is 1.21. The molecule has 3 nitrogen and oxygen atoms in total. The van der Waals surface area contributed by atoms with Gasteiger partial charge < -0.3 is 10.1 Å². The largest absolute Gasteiger partial charge is 0.497 e. The number of hydrogen-bond acceptors (Lipinski definition) is 2. The highest BCUT2D eigenvalue weighted by Gasteiger charge is 2.15. The minimum atomic E-state index is -0.0821. The van der Waals surface area contributed by atoms with Gasteiger partial charge in [-0.15, -0.1) is 0 Å². The van der Waals surface area contributed by atoms with Crippen LogP contribution >= 0.6 is 0 Å². The van der Waals surface area contributed by atoms with Gasteiger partial charge in [0.1, 0.15) is 5.75 Å². The quantitative estimate of drug-likeness (QED) is 0.607. The highest BCUT2D eigenvalue weighted by molar-refractivity contribution is 5.92. The van der Waals surface area contributed by atoms with Crippen molar-refractivity contribution < 1.29 is 9.53 Å². The molecule has 1 amide bonds. The summed E-state index contributed by atoms with van der Waals surface area (Å²) in [5, 5.41) is 3.14. The predicted molar refractivity (Wildman–Crippen MR) is 118 cm³/mol. The Balaban J connectivity index is 2.07. The lowest BCUT2D eigenvalue weighted by atomic mass is 9.87. The molecule has 1 atom stereocenters. The topological polar surface area (TPSA) is 38.3 Å². The van der Waals surface area contributed by atoms with Crippen molar-refractivity contribution in [2.45, 2.75) is 52.5 Å². The van der Waals surface area contributed by atoms with Crippen LogP contribution in [0, 0.1) is 5.92 Å². The van der Waals surface area contributed by atoms with Gasteiger partial charge in [0.15, 0.2) is 0 Å². The van der Waals surface area contributed by atoms with E-state index in [1.54, 1.807) is 13.2 Å². The highest BCUT2D eigenvalue weighted by atomic mass is 16.5. The van der Waals surface area contributed by atoms with Crippen LogP contribution in [0.1, 0.15) is 63.8 Å². The zero-order chi connectivity index (χ0) is 20.7. The standard InChI is InChI=1S/C25H33NO2/c1-18(2)17-23(20-10-14-22(28-6)15-11-20)26-24(27)16-9-19-7-12-21(13-8-19)25(3,4)5/h7-16,18,23H,17H2,1-6H3,(H,26,27)/b16-9+/t23-/m1/s1. The maximum Gasteiger partial charge on any atom is 0.244 e. The van der Waals surface area contributed by atoms with Crippen molar-refractivity contribution in [3.8, 4) is 5.75 Å². The van der Waals surface area contributed by atoms with Crippen LogP contribution in [0.5, 0.6) is 5.75 Å². The Morgan fingerprint density at radius 1 is 1.04 bits per heavy atom. The van der Waals surface area contributed by atoms with Crippen molar-refractivity contribution in [3.05, 3.63) is 71.3 Å². The van der Waals surface area contributed by atoms with Crippen LogP contribution in [0.15, 0.2) is 54.6 Å². The number of hydrogen-bond donors (Lipinski definition) is 1. The van der Waals surface area contributed by atoms with Gasteiger partial charge in [-0.1, -0.05) is 71.0 Å². The molecule has 0 spiro atoms. The van der Waals surface area contributed by atoms with Crippen molar-refractivity contribution >= 4 is 12.0 Å². The number of methoxy groups -OCH3 is 1. The maximum absolute atomic E-state index is 12.5. The summed E-state index contributed by atoms with van der Waals surface area (Å²) < 4.78 is 5.23. The number of carbonyl (C=O) groups is 1. The third-order valence-electron chi connectivity index (χ3n) is 4.75. The molecule has 0 aliphatic heterocycles. The second kappa shape index (κ2) is 9.59. The summed E-state index contributed by atoms with van der Waals surface area (Å²) in [6, 6.07) is 16.2. The van der Waals surface area contributed by atoms with E-state index in [1.165, 1.54) is 5.56 Å². The SMILES string of the molecule is COc1ccc([C@@H](CC(C)C)NC(=O)/C=C/c2ccc(C(C)(C)C)cc2)cc1. The summed E-state index contributed by atoms with van der Waals surface area (Å²) >= 11 is 0. The monoisotopic (exact) mass is 379 g/mol. The van der Waals surface area contributed by atoms with E-state index < -0.39 is 0 Å². The van der Waals surface area contributed by atoms with Gasteiger partial charge in [-0.2, -0.15) is 0 Å². The lowest BCUT2D eigenvalue weighted by Crippen LogP contribution is -2.27. The molecule has 0 fully saturated rings. The highest BCUT2D eigenvalue weighted by Crippen LogP contribution is 2.24. The lowest BCUT2D eigenvalue weighted by molar-refractivity contribution is -0.117. The molecule has 0 aliphatic rings. The summed E-state index contributed by atoms with van der Waals surface area (Å²) in [7, 11) is 1.65. The average molecular weight is 380 g/mol. The normalized spacial score (nSPS) is 13.0. The molecule has 0 heterocycles. The van der Waals surface area contributed by atoms with E-state index in [4.69, 9.17) is 4.74 Å². The fourth-order valence-corrected chi connectivity index (χ4v) is 3.07. The van der Waals surface area contributed by atoms with Gasteiger partial charge in [0.05, 0.1) is 13.2 Å². The molecule has 0 saturated heterocycles. The average Bonchev–Trinajstić information content (AvgIpc) is 2.65. The van der Waals surface area contributed by atoms with E-state index >= 15 is 0 Å². The fourth-order valence-electron chi connectivity index (χ4n) is 3.07. The second-order valence-electron chi connectivity index (χ2n) is 8.67. The van der Waals surface area contributed by atoms with Gasteiger partial charge in [-0.25, -0.2) is 0 Å². The van der Waals surface area contributed by atoms with Gasteiger partial charge in [-0.3, -0.25) is 4.79 Å². The van der Waals surface area contributed by atoms with Crippen LogP contribution in [-0.2, 0) is 10.2 Å². The molecular formula is C25H33NO2. The van der Waals surface area contributed by atoms with Crippen molar-refractivity contribution in [2.75, 3.05) is 7.11 Å². The molecule has 0 aliphatic carbocycles. The molecule has 1 N–H and O–H groups in total. The molecule has 0 bridgehead atoms. The zero-order valence-electron chi connectivity index (χ0n) is 18.0. The molecule has 150 valence electrons. The minimum Gasteiger partial charge on any atom is -0.497 e. The molecule has 2 rings (SSSR count). The number of benzene rings is 2. The number of rotatable bonds is 7. The third-order valence-corrected chi connectivity index (χ3v) is 4.75. The van der Waals surface area contributed by atoms with E-state index in [9.17, 15) is 4.79 Å². The first-order valence-electron chi connectivity index (χ1n) is 9.92. The van der Waals surface area contributed by atoms with Gasteiger partial charge in [-0.05, 0) is 52.7 Å². The number of amides is 1. The van der Waals surface area contributed by atoms with E-state index in [1.807, 2.05) is 30.3 Å². The van der Waals surface area contributed by atoms with Crippen molar-refractivity contribution in [2.24, 2.45) is 5.92 Å². The van der Waals surface area contributed by atoms with Gasteiger partial charge in [0.2, 0.25) is 5.91 Å². The number of nitrogens with one attached hydrogen (secondary N) is 1. The molecule has 28 heavy (non-hydrogen) atoms. The smallest absolute Gasteiger partial charge is 0.244 e. The zero-order valence-corrected chi connectivity index (χ0v) is 18.0. The summed E-state index contributed by atoms with van der Waals surface area (Å²) in [4.78, 5) is 12.5. The van der Waals surface area contributed by atoms with Crippen LogP contribution < -0.4 is 10.1 Å². The molecule has 2 aromatic carbocycles. The van der Waals surface area contributed by atoms with E-state index in [2.05, 4.69) is 64.2 Å². The maximum atomic E-state index is 12.5. The first-order valence-corrected chi connectivity index (χ1v) is 9.92. The predicted octanol–water partition coefficient (Wildman–Crippen LogP) is 5.91. The van der Waals surface area contributed by atoms with Crippen molar-refractivity contribution in [1.82, 2.24) is 5.32 Å². The summed E-state index contributed by atoms with van der Waals surface area (Å²) in [5.41, 5.74) is 3.52. The van der Waals surface area contributed by atoms with Crippen LogP contribution in [0.3, 0.4) is 0 Å².